The van der Waals surface area contributed by atoms with Crippen LogP contribution in [0.1, 0.15) is 57.4 Å². The van der Waals surface area contributed by atoms with Gasteiger partial charge in [-0.15, -0.1) is 11.3 Å². The number of hydrogen-bond acceptors (Lipinski definition) is 3. The Balaban J connectivity index is 1.64. The standard InChI is InChI=1S/C21H24N2O2S/c24-20-14-17(15-7-3-1-4-8-15)23(12-11-22-20)21(25)19-13-16-9-5-2-6-10-18(16)26-19/h1,3-4,7-8,13,17H,2,5-6,9-12,14H2,(H,22,24)/t17-/m0/s1. The van der Waals surface area contributed by atoms with E-state index in [1.807, 2.05) is 35.2 Å². The second-order valence-corrected chi connectivity index (χ2v) is 8.24. The third-order valence-electron chi connectivity index (χ3n) is 5.33. The van der Waals surface area contributed by atoms with Gasteiger partial charge in [0.05, 0.1) is 17.3 Å². The second kappa shape index (κ2) is 7.62. The van der Waals surface area contributed by atoms with E-state index in [0.717, 1.165) is 23.3 Å². The zero-order valence-electron chi connectivity index (χ0n) is 14.9. The van der Waals surface area contributed by atoms with Gasteiger partial charge in [-0.25, -0.2) is 0 Å². The van der Waals surface area contributed by atoms with Crippen molar-refractivity contribution in [1.82, 2.24) is 10.2 Å². The van der Waals surface area contributed by atoms with Crippen LogP contribution in [0.25, 0.3) is 0 Å². The minimum atomic E-state index is -0.201. The van der Waals surface area contributed by atoms with Crippen LogP contribution in [0.5, 0.6) is 0 Å². The number of fused-ring (bicyclic) bond motifs is 1. The highest BCUT2D eigenvalue weighted by Gasteiger charge is 2.31. The molecule has 5 heteroatoms. The molecule has 26 heavy (non-hydrogen) atoms. The van der Waals surface area contributed by atoms with Gasteiger partial charge in [-0.2, -0.15) is 0 Å². The maximum absolute atomic E-state index is 13.3. The van der Waals surface area contributed by atoms with Gasteiger partial charge < -0.3 is 10.2 Å². The van der Waals surface area contributed by atoms with Crippen LogP contribution in [0.15, 0.2) is 36.4 Å². The summed E-state index contributed by atoms with van der Waals surface area (Å²) in [5, 5.41) is 2.91. The van der Waals surface area contributed by atoms with Gasteiger partial charge in [0.15, 0.2) is 0 Å². The highest BCUT2D eigenvalue weighted by atomic mass is 32.1. The number of nitrogens with zero attached hydrogens (tertiary/aromatic N) is 1. The Morgan fingerprint density at radius 2 is 1.92 bits per heavy atom. The molecule has 0 radical (unpaired) electrons. The topological polar surface area (TPSA) is 49.4 Å². The third-order valence-corrected chi connectivity index (χ3v) is 6.56. The van der Waals surface area contributed by atoms with Crippen molar-refractivity contribution in [1.29, 1.82) is 0 Å². The highest BCUT2D eigenvalue weighted by molar-refractivity contribution is 7.14. The van der Waals surface area contributed by atoms with Gasteiger partial charge in [0.25, 0.3) is 5.91 Å². The van der Waals surface area contributed by atoms with Gasteiger partial charge in [-0.3, -0.25) is 9.59 Å². The summed E-state index contributed by atoms with van der Waals surface area (Å²) in [7, 11) is 0. The molecule has 136 valence electrons. The van der Waals surface area contributed by atoms with Crippen LogP contribution in [-0.2, 0) is 17.6 Å². The summed E-state index contributed by atoms with van der Waals surface area (Å²) in [5.74, 6) is 0.0736. The Hall–Kier alpha value is -2.14. The van der Waals surface area contributed by atoms with Crippen LogP contribution >= 0.6 is 11.3 Å². The molecule has 1 aromatic carbocycles. The van der Waals surface area contributed by atoms with E-state index in [2.05, 4.69) is 11.4 Å². The first-order valence-electron chi connectivity index (χ1n) is 9.46. The van der Waals surface area contributed by atoms with E-state index in [1.165, 1.54) is 29.7 Å². The normalized spacial score (nSPS) is 20.7. The monoisotopic (exact) mass is 368 g/mol. The predicted molar refractivity (Wildman–Crippen MR) is 103 cm³/mol. The lowest BCUT2D eigenvalue weighted by Gasteiger charge is -2.29. The molecule has 2 aliphatic rings. The number of thiophene rings is 1. The maximum atomic E-state index is 13.3. The molecule has 0 bridgehead atoms. The quantitative estimate of drug-likeness (QED) is 0.822. The largest absolute Gasteiger partial charge is 0.354 e. The summed E-state index contributed by atoms with van der Waals surface area (Å²) >= 11 is 1.66. The summed E-state index contributed by atoms with van der Waals surface area (Å²) in [6, 6.07) is 11.8. The van der Waals surface area contributed by atoms with Crippen LogP contribution < -0.4 is 5.32 Å². The molecule has 4 nitrogen and oxygen atoms in total. The van der Waals surface area contributed by atoms with E-state index < -0.39 is 0 Å². The van der Waals surface area contributed by atoms with Crippen LogP contribution in [0.3, 0.4) is 0 Å². The fourth-order valence-electron chi connectivity index (χ4n) is 3.96. The van der Waals surface area contributed by atoms with Gasteiger partial charge in [-0.05, 0) is 42.9 Å². The van der Waals surface area contributed by atoms with E-state index in [-0.39, 0.29) is 17.9 Å². The van der Waals surface area contributed by atoms with E-state index in [9.17, 15) is 9.59 Å². The first-order valence-corrected chi connectivity index (χ1v) is 10.3. The summed E-state index contributed by atoms with van der Waals surface area (Å²) in [6.07, 6.45) is 6.21. The molecule has 2 heterocycles. The first-order chi connectivity index (χ1) is 12.7. The van der Waals surface area contributed by atoms with Gasteiger partial charge >= 0.3 is 0 Å². The van der Waals surface area contributed by atoms with Crippen molar-refractivity contribution < 1.29 is 9.59 Å². The summed E-state index contributed by atoms with van der Waals surface area (Å²) < 4.78 is 0. The molecule has 2 amide bonds. The smallest absolute Gasteiger partial charge is 0.264 e. The number of carbonyl (C=O) groups is 2. The average molecular weight is 369 g/mol. The van der Waals surface area contributed by atoms with Gasteiger partial charge in [0, 0.05) is 18.0 Å². The van der Waals surface area contributed by atoms with Crippen LogP contribution in [-0.4, -0.2) is 29.8 Å². The predicted octanol–water partition coefficient (Wildman–Crippen LogP) is 3.72. The minimum absolute atomic E-state index is 0.0103. The maximum Gasteiger partial charge on any atom is 0.264 e. The number of nitrogens with one attached hydrogen (secondary N) is 1. The Labute approximate surface area is 158 Å². The molecule has 1 aliphatic heterocycles. The van der Waals surface area contributed by atoms with Crippen molar-refractivity contribution in [2.45, 2.75) is 44.6 Å². The fraction of sp³-hybridized carbons (Fsp3) is 0.429. The van der Waals surface area contributed by atoms with E-state index >= 15 is 0 Å². The lowest BCUT2D eigenvalue weighted by Crippen LogP contribution is -2.36. The fourth-order valence-corrected chi connectivity index (χ4v) is 5.17. The molecule has 1 atom stereocenters. The first kappa shape index (κ1) is 17.3. The number of aryl methyl sites for hydroxylation is 2. The van der Waals surface area contributed by atoms with Crippen LogP contribution in [0.2, 0.25) is 0 Å². The van der Waals surface area contributed by atoms with E-state index in [0.29, 0.717) is 19.5 Å². The molecule has 1 fully saturated rings. The van der Waals surface area contributed by atoms with Gasteiger partial charge in [0.1, 0.15) is 0 Å². The zero-order chi connectivity index (χ0) is 17.9. The van der Waals surface area contributed by atoms with Crippen molar-refractivity contribution in [2.75, 3.05) is 13.1 Å². The second-order valence-electron chi connectivity index (χ2n) is 7.10. The Kier molecular flexibility index (Phi) is 5.07. The Bertz CT molecular complexity index is 776. The molecule has 2 aromatic rings. The Morgan fingerprint density at radius 3 is 2.77 bits per heavy atom. The number of hydrogen-bond donors (Lipinski definition) is 1. The molecule has 1 aromatic heterocycles. The number of amides is 2. The molecule has 4 rings (SSSR count). The van der Waals surface area contributed by atoms with Crippen molar-refractivity contribution in [2.24, 2.45) is 0 Å². The molecule has 0 spiro atoms. The molecular weight excluding hydrogens is 344 g/mol. The molecule has 1 aliphatic carbocycles. The van der Waals surface area contributed by atoms with Crippen molar-refractivity contribution in [3.8, 4) is 0 Å². The van der Waals surface area contributed by atoms with Gasteiger partial charge in [0.2, 0.25) is 5.91 Å². The number of benzene rings is 1. The summed E-state index contributed by atoms with van der Waals surface area (Å²) in [4.78, 5) is 29.6. The van der Waals surface area contributed by atoms with Crippen LogP contribution in [0.4, 0.5) is 0 Å². The summed E-state index contributed by atoms with van der Waals surface area (Å²) in [6.45, 7) is 1.06. The molecule has 1 N–H and O–H groups in total. The lowest BCUT2D eigenvalue weighted by molar-refractivity contribution is -0.121. The Morgan fingerprint density at radius 1 is 1.12 bits per heavy atom. The summed E-state index contributed by atoms with van der Waals surface area (Å²) in [5.41, 5.74) is 2.38. The lowest BCUT2D eigenvalue weighted by atomic mass is 10.0. The number of rotatable bonds is 2. The zero-order valence-corrected chi connectivity index (χ0v) is 15.7. The van der Waals surface area contributed by atoms with Crippen LogP contribution in [0, 0.1) is 0 Å². The van der Waals surface area contributed by atoms with Crippen molar-refractivity contribution in [3.63, 3.8) is 0 Å². The average Bonchev–Trinajstić information content (AvgIpc) is 2.81. The van der Waals surface area contributed by atoms with E-state index in [4.69, 9.17) is 0 Å². The number of carbonyl (C=O) groups excluding carboxylic acids is 2. The highest BCUT2D eigenvalue weighted by Crippen LogP contribution is 2.33. The van der Waals surface area contributed by atoms with Gasteiger partial charge in [-0.1, -0.05) is 36.8 Å². The van der Waals surface area contributed by atoms with Crippen molar-refractivity contribution >= 4 is 23.2 Å². The molecule has 0 unspecified atom stereocenters. The van der Waals surface area contributed by atoms with E-state index in [1.54, 1.807) is 11.3 Å². The molecular formula is C21H24N2O2S. The SMILES string of the molecule is O=C1C[C@@H](c2ccccc2)N(C(=O)c2cc3c(s2)CCCCC3)CCN1. The molecule has 1 saturated heterocycles. The third kappa shape index (κ3) is 3.54. The van der Waals surface area contributed by atoms with Crippen molar-refractivity contribution in [3.05, 3.63) is 57.3 Å². The minimum Gasteiger partial charge on any atom is -0.354 e. The molecule has 0 saturated carbocycles.